The predicted octanol–water partition coefficient (Wildman–Crippen LogP) is 14.4. The lowest BCUT2D eigenvalue weighted by atomic mass is 9.98. The maximum Gasteiger partial charge on any atom is 0.306 e. The zero-order chi connectivity index (χ0) is 60.1. The van der Waals surface area contributed by atoms with Crippen molar-refractivity contribution in [2.45, 2.75) is 364 Å². The molecule has 0 aromatic rings. The molecule has 488 valence electrons. The summed E-state index contributed by atoms with van der Waals surface area (Å²) in [6.45, 7) is 3.74. The lowest BCUT2D eigenvalue weighted by Crippen LogP contribution is -2.61. The number of esters is 1. The molecule has 0 aromatic heterocycles. The van der Waals surface area contributed by atoms with Gasteiger partial charge in [0.15, 0.2) is 12.6 Å². The first-order chi connectivity index (χ1) is 40.6. The second kappa shape index (κ2) is 55.5. The molecule has 7 N–H and O–H groups in total. The Morgan fingerprint density at radius 2 is 0.747 bits per heavy atom. The Labute approximate surface area is 506 Å². The molecular formula is C69H128O14. The quantitative estimate of drug-likeness (QED) is 0.0171. The van der Waals surface area contributed by atoms with Gasteiger partial charge in [0, 0.05) is 13.0 Å². The van der Waals surface area contributed by atoms with Gasteiger partial charge in [-0.2, -0.15) is 0 Å². The van der Waals surface area contributed by atoms with E-state index >= 15 is 0 Å². The number of carbonyl (C=O) groups is 1. The van der Waals surface area contributed by atoms with Gasteiger partial charge >= 0.3 is 5.97 Å². The number of aliphatic hydroxyl groups is 7. The fourth-order valence-electron chi connectivity index (χ4n) is 11.1. The molecule has 2 rings (SSSR count). The maximum atomic E-state index is 13.2. The van der Waals surface area contributed by atoms with Crippen molar-refractivity contribution in [3.05, 3.63) is 36.5 Å². The summed E-state index contributed by atoms with van der Waals surface area (Å²) in [4.78, 5) is 13.2. The lowest BCUT2D eigenvalue weighted by molar-refractivity contribution is -0.332. The number of unbranched alkanes of at least 4 members (excludes halogenated alkanes) is 38. The SMILES string of the molecule is CCCCCCC/C=C\C/C=C\CCCCCCCCCCCCCCOCC(COC1OC(COC2OC(CO)C(O)C(O)C2O)C(O)C(O)C1O)OC(=O)CCCCCCCCCCCCCCC/C=C\CCCCCCCCCC. The molecule has 14 nitrogen and oxygen atoms in total. The zero-order valence-electron chi connectivity index (χ0n) is 53.0. The summed E-state index contributed by atoms with van der Waals surface area (Å²) in [5.74, 6) is -0.371. The average molecular weight is 1180 g/mol. The molecule has 14 heteroatoms. The number of aliphatic hydroxyl groups excluding tert-OH is 7. The fourth-order valence-corrected chi connectivity index (χ4v) is 11.1. The van der Waals surface area contributed by atoms with Crippen molar-refractivity contribution in [1.82, 2.24) is 0 Å². The van der Waals surface area contributed by atoms with Crippen molar-refractivity contribution in [3.8, 4) is 0 Å². The third kappa shape index (κ3) is 41.1. The largest absolute Gasteiger partial charge is 0.457 e. The molecular weight excluding hydrogens is 1050 g/mol. The molecule has 2 saturated heterocycles. The summed E-state index contributed by atoms with van der Waals surface area (Å²) < 4.78 is 34.6. The summed E-state index contributed by atoms with van der Waals surface area (Å²) in [5, 5.41) is 72.6. The maximum absolute atomic E-state index is 13.2. The number of hydrogen-bond acceptors (Lipinski definition) is 14. The van der Waals surface area contributed by atoms with E-state index in [0.29, 0.717) is 13.0 Å². The highest BCUT2D eigenvalue weighted by molar-refractivity contribution is 5.69. The van der Waals surface area contributed by atoms with E-state index in [2.05, 4.69) is 50.3 Å². The average Bonchev–Trinajstić information content (AvgIpc) is 3.67. The van der Waals surface area contributed by atoms with Crippen LogP contribution in [0.3, 0.4) is 0 Å². The van der Waals surface area contributed by atoms with Gasteiger partial charge in [-0.05, 0) is 70.6 Å². The van der Waals surface area contributed by atoms with Crippen LogP contribution in [0.1, 0.15) is 296 Å². The van der Waals surface area contributed by atoms with E-state index in [1.165, 1.54) is 225 Å². The second-order valence-corrected chi connectivity index (χ2v) is 24.3. The molecule has 2 aliphatic rings. The highest BCUT2D eigenvalue weighted by atomic mass is 16.7. The van der Waals surface area contributed by atoms with E-state index in [1.54, 1.807) is 0 Å². The Bertz CT molecular complexity index is 1510. The standard InChI is InChI=1S/C69H128O14/c1-3-5-7-9-11-13-15-17-19-21-23-25-27-29-30-32-34-36-38-40-42-44-46-48-50-52-61(71)81-58(56-79-68-67(77)65(75)63(73)60(83-68)57-80-69-66(76)64(74)62(72)59(54-70)82-69)55-78-53-51-49-47-45-43-41-39-37-35-33-31-28-26-24-22-20-18-16-14-12-10-8-6-4-2/h16,18,21-24,58-60,62-70,72-77H,3-15,17,19-20,25-57H2,1-2H3/b18-16-,23-21-,24-22-. The van der Waals surface area contributed by atoms with E-state index in [0.717, 1.165) is 44.9 Å². The minimum Gasteiger partial charge on any atom is -0.457 e. The third-order valence-electron chi connectivity index (χ3n) is 16.6. The van der Waals surface area contributed by atoms with Crippen LogP contribution in [0.5, 0.6) is 0 Å². The molecule has 0 bridgehead atoms. The van der Waals surface area contributed by atoms with Gasteiger partial charge in [-0.25, -0.2) is 0 Å². The van der Waals surface area contributed by atoms with Gasteiger partial charge in [0.25, 0.3) is 0 Å². The summed E-state index contributed by atoms with van der Waals surface area (Å²) in [5.41, 5.74) is 0. The molecule has 0 saturated carbocycles. The molecule has 0 radical (unpaired) electrons. The molecule has 2 heterocycles. The van der Waals surface area contributed by atoms with Crippen molar-refractivity contribution in [2.75, 3.05) is 33.0 Å². The van der Waals surface area contributed by atoms with Gasteiger partial charge < -0.3 is 64.2 Å². The van der Waals surface area contributed by atoms with Crippen molar-refractivity contribution < 1.29 is 69.0 Å². The van der Waals surface area contributed by atoms with Crippen LogP contribution in [-0.4, -0.2) is 142 Å². The van der Waals surface area contributed by atoms with Crippen LogP contribution in [0.2, 0.25) is 0 Å². The van der Waals surface area contributed by atoms with Gasteiger partial charge in [-0.1, -0.05) is 256 Å². The van der Waals surface area contributed by atoms with Crippen LogP contribution >= 0.6 is 0 Å². The van der Waals surface area contributed by atoms with Crippen LogP contribution < -0.4 is 0 Å². The molecule has 0 spiro atoms. The minimum atomic E-state index is -1.71. The predicted molar refractivity (Wildman–Crippen MR) is 335 cm³/mol. The Balaban J connectivity index is 1.64. The van der Waals surface area contributed by atoms with E-state index in [9.17, 15) is 40.5 Å². The van der Waals surface area contributed by atoms with Crippen LogP contribution in [0.15, 0.2) is 36.5 Å². The molecule has 2 aliphatic heterocycles. The first-order valence-electron chi connectivity index (χ1n) is 34.6. The topological polar surface area (TPSA) is 214 Å². The number of rotatable bonds is 58. The molecule has 83 heavy (non-hydrogen) atoms. The van der Waals surface area contributed by atoms with Gasteiger partial charge in [0.2, 0.25) is 0 Å². The molecule has 11 atom stereocenters. The highest BCUT2D eigenvalue weighted by Gasteiger charge is 2.47. The van der Waals surface area contributed by atoms with E-state index < -0.39 is 80.7 Å². The monoisotopic (exact) mass is 1180 g/mol. The van der Waals surface area contributed by atoms with Gasteiger partial charge in [0.1, 0.15) is 54.9 Å². The smallest absolute Gasteiger partial charge is 0.306 e. The fraction of sp³-hybridized carbons (Fsp3) is 0.899. The molecule has 11 unspecified atom stereocenters. The zero-order valence-corrected chi connectivity index (χ0v) is 53.0. The summed E-state index contributed by atoms with van der Waals surface area (Å²) in [7, 11) is 0. The molecule has 0 aromatic carbocycles. The first-order valence-corrected chi connectivity index (χ1v) is 34.6. The number of hydrogen-bond donors (Lipinski definition) is 7. The van der Waals surface area contributed by atoms with Gasteiger partial charge in [-0.3, -0.25) is 4.79 Å². The summed E-state index contributed by atoms with van der Waals surface area (Å²) >= 11 is 0. The lowest BCUT2D eigenvalue weighted by Gasteiger charge is -2.42. The third-order valence-corrected chi connectivity index (χ3v) is 16.6. The molecule has 0 aliphatic carbocycles. The molecule has 2 fully saturated rings. The van der Waals surface area contributed by atoms with E-state index in [-0.39, 0.29) is 25.6 Å². The van der Waals surface area contributed by atoms with E-state index in [4.69, 9.17) is 28.4 Å². The Kier molecular flexibility index (Phi) is 51.7. The Morgan fingerprint density at radius 3 is 1.17 bits per heavy atom. The van der Waals surface area contributed by atoms with E-state index in [1.807, 2.05) is 0 Å². The van der Waals surface area contributed by atoms with Gasteiger partial charge in [0.05, 0.1) is 26.4 Å². The van der Waals surface area contributed by atoms with Crippen LogP contribution in [0.25, 0.3) is 0 Å². The minimum absolute atomic E-state index is 0.0636. The Hall–Kier alpha value is -1.79. The summed E-state index contributed by atoms with van der Waals surface area (Å²) in [6, 6.07) is 0. The van der Waals surface area contributed by atoms with Crippen LogP contribution in [0, 0.1) is 0 Å². The van der Waals surface area contributed by atoms with Crippen molar-refractivity contribution in [3.63, 3.8) is 0 Å². The number of ether oxygens (including phenoxy) is 6. The number of allylic oxidation sites excluding steroid dienone is 6. The summed E-state index contributed by atoms with van der Waals surface area (Å²) in [6.07, 6.45) is 52.2. The van der Waals surface area contributed by atoms with Crippen LogP contribution in [-0.2, 0) is 33.2 Å². The second-order valence-electron chi connectivity index (χ2n) is 24.3. The first kappa shape index (κ1) is 77.3. The van der Waals surface area contributed by atoms with Gasteiger partial charge in [-0.15, -0.1) is 0 Å². The van der Waals surface area contributed by atoms with Crippen LogP contribution in [0.4, 0.5) is 0 Å². The van der Waals surface area contributed by atoms with Crippen molar-refractivity contribution in [1.29, 1.82) is 0 Å². The molecule has 0 amide bonds. The van der Waals surface area contributed by atoms with Crippen molar-refractivity contribution >= 4 is 5.97 Å². The number of carbonyl (C=O) groups excluding carboxylic acids is 1. The normalized spacial score (nSPS) is 23.6. The highest BCUT2D eigenvalue weighted by Crippen LogP contribution is 2.27. The Morgan fingerprint density at radius 1 is 0.398 bits per heavy atom. The van der Waals surface area contributed by atoms with Crippen molar-refractivity contribution in [2.24, 2.45) is 0 Å².